The van der Waals surface area contributed by atoms with E-state index >= 15 is 0 Å². The first-order valence-electron chi connectivity index (χ1n) is 11.9. The maximum Gasteiger partial charge on any atom is 0.202 e. The van der Waals surface area contributed by atoms with Gasteiger partial charge in [-0.2, -0.15) is 0 Å². The number of hydrogen-bond donors (Lipinski definition) is 0. The molecule has 0 bridgehead atoms. The Hall–Kier alpha value is -2.36. The number of aromatic nitrogens is 2. The molecule has 0 fully saturated rings. The molecule has 0 aliphatic rings. The normalized spacial score (nSPS) is 12.1. The largest absolute Gasteiger partial charge is 0.343 e. The van der Waals surface area contributed by atoms with Crippen LogP contribution in [0.4, 0.5) is 4.39 Å². The summed E-state index contributed by atoms with van der Waals surface area (Å²) in [5.41, 5.74) is 3.22. The predicted molar refractivity (Wildman–Crippen MR) is 130 cm³/mol. The number of hydrogen-bond acceptors (Lipinski definition) is 1. The minimum atomic E-state index is -0.186. The van der Waals surface area contributed by atoms with E-state index in [0.717, 1.165) is 24.2 Å². The minimum Gasteiger partial charge on any atom is -0.343 e. The van der Waals surface area contributed by atoms with Gasteiger partial charge in [0.2, 0.25) is 7.28 Å². The summed E-state index contributed by atoms with van der Waals surface area (Å²) in [7, 11) is 2.20. The molecule has 2 nitrogen and oxygen atoms in total. The number of benzene rings is 2. The third kappa shape index (κ3) is 7.68. The van der Waals surface area contributed by atoms with Gasteiger partial charge in [0, 0.05) is 24.9 Å². The van der Waals surface area contributed by atoms with Crippen molar-refractivity contribution in [2.45, 2.75) is 77.1 Å². The molecule has 163 valence electrons. The van der Waals surface area contributed by atoms with Crippen LogP contribution in [0.15, 0.2) is 67.0 Å². The summed E-state index contributed by atoms with van der Waals surface area (Å²) in [5.74, 6) is -0.0696. The Morgan fingerprint density at radius 2 is 1.58 bits per heavy atom. The van der Waals surface area contributed by atoms with Crippen LogP contribution in [0.25, 0.3) is 0 Å². The number of aryl methyl sites for hydroxylation is 1. The van der Waals surface area contributed by atoms with Crippen molar-refractivity contribution in [1.29, 1.82) is 0 Å². The Morgan fingerprint density at radius 1 is 0.871 bits per heavy atom. The van der Waals surface area contributed by atoms with Gasteiger partial charge in [-0.05, 0) is 29.7 Å². The molecule has 3 rings (SSSR count). The van der Waals surface area contributed by atoms with Crippen LogP contribution >= 0.6 is 0 Å². The Morgan fingerprint density at radius 3 is 2.32 bits per heavy atom. The van der Waals surface area contributed by atoms with Crippen molar-refractivity contribution >= 4 is 13.0 Å². The van der Waals surface area contributed by atoms with Gasteiger partial charge in [0.05, 0.1) is 5.72 Å². The zero-order chi connectivity index (χ0) is 21.7. The molecule has 3 aromatic rings. The first-order valence-corrected chi connectivity index (χ1v) is 11.9. The molecule has 0 amide bonds. The molecule has 1 radical (unpaired) electrons. The van der Waals surface area contributed by atoms with Crippen molar-refractivity contribution in [2.75, 3.05) is 0 Å². The molecule has 2 aromatic carbocycles. The van der Waals surface area contributed by atoms with E-state index in [1.165, 1.54) is 63.0 Å². The topological polar surface area (TPSA) is 17.8 Å². The zero-order valence-electron chi connectivity index (χ0n) is 18.8. The van der Waals surface area contributed by atoms with Crippen LogP contribution in [0.1, 0.15) is 75.3 Å². The monoisotopic (exact) mass is 417 g/mol. The molecule has 0 saturated heterocycles. The number of halogens is 1. The third-order valence-corrected chi connectivity index (χ3v) is 5.99. The molecule has 1 unspecified atom stereocenters. The molecule has 1 heterocycles. The van der Waals surface area contributed by atoms with Crippen LogP contribution in [0, 0.1) is 5.82 Å². The van der Waals surface area contributed by atoms with Gasteiger partial charge < -0.3 is 4.57 Å². The summed E-state index contributed by atoms with van der Waals surface area (Å²) in [6, 6.07) is 17.3. The van der Waals surface area contributed by atoms with Crippen LogP contribution in [0.3, 0.4) is 0 Å². The van der Waals surface area contributed by atoms with Crippen molar-refractivity contribution in [1.82, 2.24) is 9.55 Å². The van der Waals surface area contributed by atoms with Gasteiger partial charge in [-0.1, -0.05) is 101 Å². The molecular weight excluding hydrogens is 382 g/mol. The predicted octanol–water partition coefficient (Wildman–Crippen LogP) is 6.74. The van der Waals surface area contributed by atoms with Gasteiger partial charge in [0.15, 0.2) is 0 Å². The van der Waals surface area contributed by atoms with Gasteiger partial charge >= 0.3 is 0 Å². The second kappa shape index (κ2) is 13.1. The fraction of sp³-hybridized carbons (Fsp3) is 0.444. The quantitative estimate of drug-likeness (QED) is 0.210. The minimum absolute atomic E-state index is 0.116. The lowest BCUT2D eigenvalue weighted by Gasteiger charge is -2.18. The Labute approximate surface area is 188 Å². The van der Waals surface area contributed by atoms with Crippen molar-refractivity contribution in [3.63, 3.8) is 0 Å². The molecule has 0 saturated carbocycles. The van der Waals surface area contributed by atoms with Crippen molar-refractivity contribution in [3.05, 3.63) is 83.9 Å². The standard InChI is InChI=1S/C27H35BFN2/c1-2-3-4-5-6-7-8-12-19-31-20-18-30-27(31)28-22-26(23-14-10-9-11-15-23)24-16-13-17-25(29)21-24/h9-11,13-18,20-21,26H,2-8,12,19,22H2,1H3. The number of nitrogens with zero attached hydrogens (tertiary/aromatic N) is 2. The van der Waals surface area contributed by atoms with Gasteiger partial charge in [-0.25, -0.2) is 4.39 Å². The van der Waals surface area contributed by atoms with E-state index < -0.39 is 0 Å². The highest BCUT2D eigenvalue weighted by Gasteiger charge is 2.17. The highest BCUT2D eigenvalue weighted by molar-refractivity contribution is 6.51. The summed E-state index contributed by atoms with van der Waals surface area (Å²) in [5, 5.41) is 0. The van der Waals surface area contributed by atoms with Crippen LogP contribution in [-0.2, 0) is 6.54 Å². The van der Waals surface area contributed by atoms with Gasteiger partial charge in [0.25, 0.3) is 0 Å². The van der Waals surface area contributed by atoms with Crippen molar-refractivity contribution < 1.29 is 4.39 Å². The first kappa shape index (κ1) is 23.3. The number of imidazole rings is 1. The van der Waals surface area contributed by atoms with Crippen molar-refractivity contribution in [2.24, 2.45) is 0 Å². The summed E-state index contributed by atoms with van der Waals surface area (Å²) in [6.45, 7) is 3.27. The van der Waals surface area contributed by atoms with Crippen LogP contribution in [-0.4, -0.2) is 16.8 Å². The molecule has 1 aromatic heterocycles. The zero-order valence-corrected chi connectivity index (χ0v) is 18.8. The molecule has 1 atom stereocenters. The third-order valence-electron chi connectivity index (χ3n) is 5.99. The van der Waals surface area contributed by atoms with E-state index in [2.05, 4.69) is 42.1 Å². The second-order valence-corrected chi connectivity index (χ2v) is 8.41. The van der Waals surface area contributed by atoms with Crippen LogP contribution in [0.5, 0.6) is 0 Å². The lowest BCUT2D eigenvalue weighted by molar-refractivity contribution is 0.547. The maximum atomic E-state index is 13.9. The van der Waals surface area contributed by atoms with Crippen molar-refractivity contribution in [3.8, 4) is 0 Å². The Balaban J connectivity index is 1.54. The maximum absolute atomic E-state index is 13.9. The molecule has 31 heavy (non-hydrogen) atoms. The second-order valence-electron chi connectivity index (χ2n) is 8.41. The number of rotatable bonds is 14. The number of unbranched alkanes of at least 4 members (excludes halogenated alkanes) is 7. The van der Waals surface area contributed by atoms with E-state index in [-0.39, 0.29) is 11.7 Å². The molecule has 0 aliphatic heterocycles. The van der Waals surface area contributed by atoms with E-state index in [0.29, 0.717) is 0 Å². The van der Waals surface area contributed by atoms with Gasteiger partial charge in [-0.3, -0.25) is 4.98 Å². The molecule has 0 N–H and O–H groups in total. The molecule has 0 aliphatic carbocycles. The van der Waals surface area contributed by atoms with Crippen LogP contribution < -0.4 is 5.72 Å². The van der Waals surface area contributed by atoms with E-state index in [4.69, 9.17) is 0 Å². The Kier molecular flexibility index (Phi) is 9.88. The highest BCUT2D eigenvalue weighted by atomic mass is 19.1. The van der Waals surface area contributed by atoms with E-state index in [1.54, 1.807) is 12.1 Å². The fourth-order valence-corrected chi connectivity index (χ4v) is 4.21. The average Bonchev–Trinajstić information content (AvgIpc) is 3.24. The summed E-state index contributed by atoms with van der Waals surface area (Å²) < 4.78 is 16.1. The molecular formula is C27H35BFN2. The smallest absolute Gasteiger partial charge is 0.202 e. The molecule has 0 spiro atoms. The van der Waals surface area contributed by atoms with E-state index in [1.807, 2.05) is 30.5 Å². The van der Waals surface area contributed by atoms with Gasteiger partial charge in [-0.15, -0.1) is 0 Å². The lowest BCUT2D eigenvalue weighted by Crippen LogP contribution is -2.27. The average molecular weight is 417 g/mol. The highest BCUT2D eigenvalue weighted by Crippen LogP contribution is 2.28. The lowest BCUT2D eigenvalue weighted by atomic mass is 9.65. The molecule has 4 heteroatoms. The summed E-state index contributed by atoms with van der Waals surface area (Å²) in [6.07, 6.45) is 15.3. The van der Waals surface area contributed by atoms with Gasteiger partial charge in [0.1, 0.15) is 5.82 Å². The Bertz CT molecular complexity index is 878. The first-order chi connectivity index (χ1) is 15.3. The fourth-order valence-electron chi connectivity index (χ4n) is 4.21. The van der Waals surface area contributed by atoms with E-state index in [9.17, 15) is 4.39 Å². The summed E-state index contributed by atoms with van der Waals surface area (Å²) >= 11 is 0. The SMILES string of the molecule is CCCCCCCCCCn1ccnc1[B]CC(c1ccccc1)c1cccc(F)c1. The summed E-state index contributed by atoms with van der Waals surface area (Å²) in [4.78, 5) is 4.58. The van der Waals surface area contributed by atoms with Crippen LogP contribution in [0.2, 0.25) is 6.32 Å².